The van der Waals surface area contributed by atoms with E-state index in [-0.39, 0.29) is 11.6 Å². The first kappa shape index (κ1) is 13.9. The Morgan fingerprint density at radius 3 is 2.72 bits per heavy atom. The van der Waals surface area contributed by atoms with Crippen LogP contribution in [0.25, 0.3) is 0 Å². The third-order valence-corrected chi connectivity index (χ3v) is 2.53. The summed E-state index contributed by atoms with van der Waals surface area (Å²) >= 11 is 0. The molecule has 5 heteroatoms. The first-order chi connectivity index (χ1) is 8.45. The molecule has 1 amide bonds. The first-order valence-electron chi connectivity index (χ1n) is 5.68. The number of nitrogens with one attached hydrogen (secondary N) is 1. The summed E-state index contributed by atoms with van der Waals surface area (Å²) in [6, 6.07) is 4.64. The molecule has 1 aromatic carbocycles. The second kappa shape index (κ2) is 5.95. The van der Waals surface area contributed by atoms with Gasteiger partial charge in [-0.15, -0.1) is 0 Å². The number of aryl methyl sites for hydroxylation is 1. The number of allylic oxidation sites excluding steroid dienone is 1. The molecule has 0 aromatic heterocycles. The van der Waals surface area contributed by atoms with Crippen molar-refractivity contribution in [1.29, 1.82) is 0 Å². The Balaban J connectivity index is 2.93. The highest BCUT2D eigenvalue weighted by Gasteiger charge is 2.12. The topological polar surface area (TPSA) is 72.2 Å². The monoisotopic (exact) mass is 248 g/mol. The fourth-order valence-electron chi connectivity index (χ4n) is 1.51. The van der Waals surface area contributed by atoms with Crippen LogP contribution in [0.5, 0.6) is 0 Å². The van der Waals surface area contributed by atoms with Crippen LogP contribution in [0, 0.1) is 17.0 Å². The molecule has 0 atom stereocenters. The number of anilines is 1. The summed E-state index contributed by atoms with van der Waals surface area (Å²) in [5.74, 6) is -0.241. The third kappa shape index (κ3) is 3.41. The van der Waals surface area contributed by atoms with Gasteiger partial charge in [-0.1, -0.05) is 19.1 Å². The van der Waals surface area contributed by atoms with Crippen LogP contribution < -0.4 is 5.32 Å². The summed E-state index contributed by atoms with van der Waals surface area (Å²) in [5, 5.41) is 13.4. The van der Waals surface area contributed by atoms with E-state index in [4.69, 9.17) is 0 Å². The number of nitro benzene ring substituents is 1. The molecular formula is C13H16N2O3. The van der Waals surface area contributed by atoms with Crippen molar-refractivity contribution in [2.24, 2.45) is 0 Å². The Morgan fingerprint density at radius 1 is 1.50 bits per heavy atom. The Hall–Kier alpha value is -2.17. The van der Waals surface area contributed by atoms with Gasteiger partial charge in [0.1, 0.15) is 0 Å². The number of amides is 1. The normalized spacial score (nSPS) is 11.2. The molecule has 96 valence electrons. The molecule has 0 aliphatic heterocycles. The fraction of sp³-hybridized carbons (Fsp3) is 0.308. The van der Waals surface area contributed by atoms with Crippen molar-refractivity contribution in [1.82, 2.24) is 0 Å². The largest absolute Gasteiger partial charge is 0.322 e. The van der Waals surface area contributed by atoms with Gasteiger partial charge in [-0.3, -0.25) is 14.9 Å². The highest BCUT2D eigenvalue weighted by Crippen LogP contribution is 2.22. The number of hydrogen-bond donors (Lipinski definition) is 1. The SMILES string of the molecule is CC/C=C(/C)C(=O)Nc1ccc(C)c([N+](=O)[O-])c1. The zero-order valence-corrected chi connectivity index (χ0v) is 10.7. The first-order valence-corrected chi connectivity index (χ1v) is 5.68. The smallest absolute Gasteiger partial charge is 0.274 e. The molecule has 5 nitrogen and oxygen atoms in total. The Morgan fingerprint density at radius 2 is 2.17 bits per heavy atom. The predicted molar refractivity (Wildman–Crippen MR) is 70.5 cm³/mol. The average molecular weight is 248 g/mol. The average Bonchev–Trinajstić information content (AvgIpc) is 2.31. The van der Waals surface area contributed by atoms with E-state index in [1.165, 1.54) is 6.07 Å². The summed E-state index contributed by atoms with van der Waals surface area (Å²) in [6.45, 7) is 5.31. The van der Waals surface area contributed by atoms with Gasteiger partial charge in [0.2, 0.25) is 0 Å². The van der Waals surface area contributed by atoms with Crippen LogP contribution in [0.3, 0.4) is 0 Å². The fourth-order valence-corrected chi connectivity index (χ4v) is 1.51. The van der Waals surface area contributed by atoms with Gasteiger partial charge in [0.05, 0.1) is 4.92 Å². The molecule has 0 aliphatic carbocycles. The maximum absolute atomic E-state index is 11.7. The zero-order valence-electron chi connectivity index (χ0n) is 10.7. The minimum Gasteiger partial charge on any atom is -0.322 e. The van der Waals surface area contributed by atoms with E-state index >= 15 is 0 Å². The molecule has 1 N–H and O–H groups in total. The number of nitrogens with zero attached hydrogens (tertiary/aromatic N) is 1. The summed E-state index contributed by atoms with van der Waals surface area (Å²) in [7, 11) is 0. The lowest BCUT2D eigenvalue weighted by atomic mass is 10.1. The van der Waals surface area contributed by atoms with E-state index < -0.39 is 4.92 Å². The second-order valence-corrected chi connectivity index (χ2v) is 4.01. The second-order valence-electron chi connectivity index (χ2n) is 4.01. The van der Waals surface area contributed by atoms with Crippen molar-refractivity contribution in [2.75, 3.05) is 5.32 Å². The molecule has 0 aliphatic rings. The van der Waals surface area contributed by atoms with Crippen LogP contribution in [0.1, 0.15) is 25.8 Å². The van der Waals surface area contributed by atoms with Crippen molar-refractivity contribution < 1.29 is 9.72 Å². The standard InChI is InChI=1S/C13H16N2O3/c1-4-5-10(3)13(16)14-11-7-6-9(2)12(8-11)15(17)18/h5-8H,4H2,1-3H3,(H,14,16)/b10-5-. The Bertz CT molecular complexity index is 507. The van der Waals surface area contributed by atoms with E-state index in [0.717, 1.165) is 6.42 Å². The number of rotatable bonds is 4. The van der Waals surface area contributed by atoms with Crippen LogP contribution in [0.15, 0.2) is 29.8 Å². The van der Waals surface area contributed by atoms with Gasteiger partial charge in [0, 0.05) is 22.9 Å². The molecule has 0 saturated heterocycles. The molecule has 1 rings (SSSR count). The van der Waals surface area contributed by atoms with Gasteiger partial charge >= 0.3 is 0 Å². The van der Waals surface area contributed by atoms with Crippen LogP contribution in [0.4, 0.5) is 11.4 Å². The summed E-state index contributed by atoms with van der Waals surface area (Å²) in [4.78, 5) is 22.0. The lowest BCUT2D eigenvalue weighted by Crippen LogP contribution is -2.12. The molecule has 0 fully saturated rings. The van der Waals surface area contributed by atoms with Gasteiger partial charge < -0.3 is 5.32 Å². The van der Waals surface area contributed by atoms with Crippen molar-refractivity contribution in [3.8, 4) is 0 Å². The maximum Gasteiger partial charge on any atom is 0.274 e. The van der Waals surface area contributed by atoms with Crippen LogP contribution >= 0.6 is 0 Å². The third-order valence-electron chi connectivity index (χ3n) is 2.53. The van der Waals surface area contributed by atoms with E-state index in [9.17, 15) is 14.9 Å². The van der Waals surface area contributed by atoms with E-state index in [0.29, 0.717) is 16.8 Å². The van der Waals surface area contributed by atoms with Crippen molar-refractivity contribution in [3.63, 3.8) is 0 Å². The molecule has 0 radical (unpaired) electrons. The van der Waals surface area contributed by atoms with E-state index in [2.05, 4.69) is 5.32 Å². The predicted octanol–water partition coefficient (Wildman–Crippen LogP) is 3.20. The maximum atomic E-state index is 11.7. The van der Waals surface area contributed by atoms with E-state index in [1.807, 2.05) is 6.92 Å². The lowest BCUT2D eigenvalue weighted by Gasteiger charge is -2.06. The minimum absolute atomic E-state index is 0.00456. The quantitative estimate of drug-likeness (QED) is 0.505. The van der Waals surface area contributed by atoms with Crippen molar-refractivity contribution in [2.45, 2.75) is 27.2 Å². The molecule has 0 saturated carbocycles. The van der Waals surface area contributed by atoms with Gasteiger partial charge in [-0.25, -0.2) is 0 Å². The van der Waals surface area contributed by atoms with Crippen molar-refractivity contribution in [3.05, 3.63) is 45.5 Å². The lowest BCUT2D eigenvalue weighted by molar-refractivity contribution is -0.385. The number of carbonyl (C=O) groups excluding carboxylic acids is 1. The van der Waals surface area contributed by atoms with E-state index in [1.54, 1.807) is 32.1 Å². The number of hydrogen-bond acceptors (Lipinski definition) is 3. The highest BCUT2D eigenvalue weighted by molar-refractivity contribution is 6.03. The molecular weight excluding hydrogens is 232 g/mol. The summed E-state index contributed by atoms with van der Waals surface area (Å²) in [6.07, 6.45) is 2.57. The Kier molecular flexibility index (Phi) is 4.59. The molecule has 0 bridgehead atoms. The van der Waals surface area contributed by atoms with Crippen molar-refractivity contribution >= 4 is 17.3 Å². The number of carbonyl (C=O) groups is 1. The van der Waals surface area contributed by atoms with Gasteiger partial charge in [0.25, 0.3) is 11.6 Å². The molecule has 0 heterocycles. The molecule has 0 spiro atoms. The van der Waals surface area contributed by atoms with Crippen LogP contribution in [-0.4, -0.2) is 10.8 Å². The summed E-state index contributed by atoms with van der Waals surface area (Å²) < 4.78 is 0. The number of benzene rings is 1. The molecule has 18 heavy (non-hydrogen) atoms. The van der Waals surface area contributed by atoms with Gasteiger partial charge in [-0.2, -0.15) is 0 Å². The van der Waals surface area contributed by atoms with Crippen LogP contribution in [0.2, 0.25) is 0 Å². The minimum atomic E-state index is -0.459. The Labute approximate surface area is 106 Å². The molecule has 0 unspecified atom stereocenters. The van der Waals surface area contributed by atoms with Gasteiger partial charge in [0.15, 0.2) is 0 Å². The number of nitro groups is 1. The van der Waals surface area contributed by atoms with Crippen LogP contribution in [-0.2, 0) is 4.79 Å². The molecule has 1 aromatic rings. The zero-order chi connectivity index (χ0) is 13.7. The summed E-state index contributed by atoms with van der Waals surface area (Å²) in [5.41, 5.74) is 1.60. The highest BCUT2D eigenvalue weighted by atomic mass is 16.6. The van der Waals surface area contributed by atoms with Gasteiger partial charge in [-0.05, 0) is 26.3 Å².